The fourth-order valence-electron chi connectivity index (χ4n) is 2.43. The van der Waals surface area contributed by atoms with Gasteiger partial charge in [-0.2, -0.15) is 0 Å². The van der Waals surface area contributed by atoms with E-state index in [4.69, 9.17) is 11.6 Å². The zero-order valence-corrected chi connectivity index (χ0v) is 11.4. The van der Waals surface area contributed by atoms with Crippen molar-refractivity contribution >= 4 is 29.2 Å². The van der Waals surface area contributed by atoms with E-state index >= 15 is 0 Å². The highest BCUT2D eigenvalue weighted by Crippen LogP contribution is 2.36. The molecule has 1 heterocycles. The van der Waals surface area contributed by atoms with Gasteiger partial charge >= 0.3 is 6.03 Å². The Balaban J connectivity index is 1.85. The molecule has 2 aliphatic rings. The van der Waals surface area contributed by atoms with Crippen molar-refractivity contribution in [3.8, 4) is 0 Å². The SMILES string of the molecule is Cc1ccc(N2C(=O)CC(C3CC3)NC2=O)cc1Cl. The summed E-state index contributed by atoms with van der Waals surface area (Å²) < 4.78 is 0. The minimum atomic E-state index is -0.340. The Morgan fingerprint density at radius 3 is 2.63 bits per heavy atom. The fraction of sp³-hybridized carbons (Fsp3) is 0.429. The number of urea groups is 1. The Morgan fingerprint density at radius 1 is 1.32 bits per heavy atom. The minimum absolute atomic E-state index is 0.0113. The number of carbonyl (C=O) groups is 2. The second-order valence-corrected chi connectivity index (χ2v) is 5.67. The van der Waals surface area contributed by atoms with Gasteiger partial charge in [0.15, 0.2) is 0 Å². The standard InChI is InChI=1S/C14H15ClN2O2/c1-8-2-5-10(6-11(8)15)17-13(18)7-12(9-3-4-9)16-14(17)19/h2,5-6,9,12H,3-4,7H2,1H3,(H,16,19). The number of hydrogen-bond acceptors (Lipinski definition) is 2. The molecule has 2 fully saturated rings. The number of hydrogen-bond donors (Lipinski definition) is 1. The van der Waals surface area contributed by atoms with Gasteiger partial charge in [-0.3, -0.25) is 4.79 Å². The van der Waals surface area contributed by atoms with Crippen LogP contribution < -0.4 is 10.2 Å². The van der Waals surface area contributed by atoms with Gasteiger partial charge in [-0.05, 0) is 43.4 Å². The van der Waals surface area contributed by atoms with Crippen LogP contribution in [-0.4, -0.2) is 18.0 Å². The molecule has 0 radical (unpaired) electrons. The second kappa shape index (κ2) is 4.53. The molecule has 5 heteroatoms. The molecule has 0 bridgehead atoms. The molecule has 0 spiro atoms. The van der Waals surface area contributed by atoms with E-state index < -0.39 is 0 Å². The van der Waals surface area contributed by atoms with E-state index in [-0.39, 0.29) is 18.0 Å². The summed E-state index contributed by atoms with van der Waals surface area (Å²) in [4.78, 5) is 25.4. The first-order valence-corrected chi connectivity index (χ1v) is 6.83. The number of benzene rings is 1. The summed E-state index contributed by atoms with van der Waals surface area (Å²) in [6.45, 7) is 1.88. The van der Waals surface area contributed by atoms with E-state index in [1.54, 1.807) is 12.1 Å². The number of halogens is 1. The van der Waals surface area contributed by atoms with Crippen molar-refractivity contribution in [3.05, 3.63) is 28.8 Å². The smallest absolute Gasteiger partial charge is 0.328 e. The molecule has 1 aliphatic carbocycles. The lowest BCUT2D eigenvalue weighted by molar-refractivity contribution is -0.119. The van der Waals surface area contributed by atoms with Crippen LogP contribution in [-0.2, 0) is 4.79 Å². The van der Waals surface area contributed by atoms with E-state index in [1.165, 1.54) is 4.90 Å². The number of carbonyl (C=O) groups excluding carboxylic acids is 2. The Labute approximate surface area is 116 Å². The third-order valence-electron chi connectivity index (χ3n) is 3.76. The number of aryl methyl sites for hydroxylation is 1. The third-order valence-corrected chi connectivity index (χ3v) is 4.17. The van der Waals surface area contributed by atoms with Crippen LogP contribution in [0.5, 0.6) is 0 Å². The van der Waals surface area contributed by atoms with Gasteiger partial charge in [-0.25, -0.2) is 9.69 Å². The number of nitrogens with zero attached hydrogens (tertiary/aromatic N) is 1. The molecule has 1 aliphatic heterocycles. The summed E-state index contributed by atoms with van der Waals surface area (Å²) in [6, 6.07) is 4.89. The highest BCUT2D eigenvalue weighted by atomic mass is 35.5. The number of amides is 3. The maximum atomic E-state index is 12.2. The Kier molecular flexibility index (Phi) is 2.97. The van der Waals surface area contributed by atoms with Crippen LogP contribution in [0.4, 0.5) is 10.5 Å². The highest BCUT2D eigenvalue weighted by Gasteiger charge is 2.40. The molecule has 100 valence electrons. The molecular weight excluding hydrogens is 264 g/mol. The van der Waals surface area contributed by atoms with Gasteiger partial charge in [-0.1, -0.05) is 17.7 Å². The summed E-state index contributed by atoms with van der Waals surface area (Å²) >= 11 is 6.05. The summed E-state index contributed by atoms with van der Waals surface area (Å²) in [5, 5.41) is 3.47. The predicted molar refractivity (Wildman–Crippen MR) is 73.3 cm³/mol. The lowest BCUT2D eigenvalue weighted by atomic mass is 10.1. The monoisotopic (exact) mass is 278 g/mol. The lowest BCUT2D eigenvalue weighted by Gasteiger charge is -2.31. The maximum absolute atomic E-state index is 12.2. The second-order valence-electron chi connectivity index (χ2n) is 5.26. The maximum Gasteiger partial charge on any atom is 0.328 e. The van der Waals surface area contributed by atoms with Crippen molar-refractivity contribution in [2.45, 2.75) is 32.2 Å². The molecule has 0 aromatic heterocycles. The van der Waals surface area contributed by atoms with Crippen LogP contribution in [0.2, 0.25) is 5.02 Å². The Hall–Kier alpha value is -1.55. The van der Waals surface area contributed by atoms with Crippen molar-refractivity contribution < 1.29 is 9.59 Å². The van der Waals surface area contributed by atoms with Crippen molar-refractivity contribution in [2.24, 2.45) is 5.92 Å². The quantitative estimate of drug-likeness (QED) is 0.904. The van der Waals surface area contributed by atoms with E-state index in [2.05, 4.69) is 5.32 Å². The zero-order chi connectivity index (χ0) is 13.6. The average molecular weight is 279 g/mol. The topological polar surface area (TPSA) is 49.4 Å². The van der Waals surface area contributed by atoms with Crippen LogP contribution in [0.3, 0.4) is 0 Å². The number of anilines is 1. The van der Waals surface area contributed by atoms with Gasteiger partial charge in [0, 0.05) is 17.5 Å². The Bertz CT molecular complexity index is 536. The average Bonchev–Trinajstić information content (AvgIpc) is 3.16. The molecule has 1 unspecified atom stereocenters. The first-order valence-electron chi connectivity index (χ1n) is 6.46. The third kappa shape index (κ3) is 2.32. The molecule has 19 heavy (non-hydrogen) atoms. The largest absolute Gasteiger partial charge is 0.334 e. The summed E-state index contributed by atoms with van der Waals surface area (Å²) in [6.07, 6.45) is 2.59. The van der Waals surface area contributed by atoms with E-state index in [0.29, 0.717) is 23.0 Å². The van der Waals surface area contributed by atoms with Gasteiger partial charge in [0.25, 0.3) is 0 Å². The fourth-order valence-corrected chi connectivity index (χ4v) is 2.61. The van der Waals surface area contributed by atoms with Gasteiger partial charge < -0.3 is 5.32 Å². The molecule has 3 amide bonds. The van der Waals surface area contributed by atoms with E-state index in [9.17, 15) is 9.59 Å². The van der Waals surface area contributed by atoms with Crippen LogP contribution >= 0.6 is 11.6 Å². The highest BCUT2D eigenvalue weighted by molar-refractivity contribution is 6.32. The zero-order valence-electron chi connectivity index (χ0n) is 10.6. The van der Waals surface area contributed by atoms with Gasteiger partial charge in [0.2, 0.25) is 5.91 Å². The summed E-state index contributed by atoms with van der Waals surface area (Å²) in [7, 11) is 0. The van der Waals surface area contributed by atoms with Gasteiger partial charge in [0.1, 0.15) is 0 Å². The van der Waals surface area contributed by atoms with Crippen molar-refractivity contribution in [3.63, 3.8) is 0 Å². The normalized spacial score (nSPS) is 23.5. The van der Waals surface area contributed by atoms with Crippen molar-refractivity contribution in [1.82, 2.24) is 5.32 Å². The van der Waals surface area contributed by atoms with E-state index in [1.807, 2.05) is 13.0 Å². The van der Waals surface area contributed by atoms with Crippen molar-refractivity contribution in [1.29, 1.82) is 0 Å². The molecule has 1 aromatic rings. The summed E-state index contributed by atoms with van der Waals surface area (Å²) in [5.74, 6) is 0.331. The molecule has 1 saturated carbocycles. The molecule has 4 nitrogen and oxygen atoms in total. The number of imide groups is 1. The van der Waals surface area contributed by atoms with E-state index in [0.717, 1.165) is 18.4 Å². The first kappa shape index (κ1) is 12.5. The molecular formula is C14H15ClN2O2. The molecule has 1 aromatic carbocycles. The molecule has 1 N–H and O–H groups in total. The number of rotatable bonds is 2. The molecule has 3 rings (SSSR count). The number of nitrogens with one attached hydrogen (secondary N) is 1. The Morgan fingerprint density at radius 2 is 2.05 bits per heavy atom. The van der Waals surface area contributed by atoms with Crippen LogP contribution in [0.15, 0.2) is 18.2 Å². The lowest BCUT2D eigenvalue weighted by Crippen LogP contribution is -2.55. The predicted octanol–water partition coefficient (Wildman–Crippen LogP) is 2.87. The van der Waals surface area contributed by atoms with Gasteiger partial charge in [-0.15, -0.1) is 0 Å². The van der Waals surface area contributed by atoms with Crippen LogP contribution in [0.25, 0.3) is 0 Å². The molecule has 1 saturated heterocycles. The van der Waals surface area contributed by atoms with Crippen LogP contribution in [0.1, 0.15) is 24.8 Å². The minimum Gasteiger partial charge on any atom is -0.334 e. The molecule has 1 atom stereocenters. The first-order chi connectivity index (χ1) is 9.06. The summed E-state index contributed by atoms with van der Waals surface area (Å²) in [5.41, 5.74) is 1.46. The van der Waals surface area contributed by atoms with Gasteiger partial charge in [0.05, 0.1) is 5.69 Å². The van der Waals surface area contributed by atoms with Crippen LogP contribution in [0, 0.1) is 12.8 Å². The van der Waals surface area contributed by atoms with Crippen molar-refractivity contribution in [2.75, 3.05) is 4.90 Å².